The Balaban J connectivity index is 1.57. The predicted octanol–water partition coefficient (Wildman–Crippen LogP) is 5.54. The molecule has 2 aliphatic carbocycles. The predicted molar refractivity (Wildman–Crippen MR) is 88.9 cm³/mol. The van der Waals surface area contributed by atoms with Gasteiger partial charge in [-0.05, 0) is 73.7 Å². The summed E-state index contributed by atoms with van der Waals surface area (Å²) >= 11 is 6.28. The first-order valence-electron chi connectivity index (χ1n) is 8.84. The molecule has 1 nitrogen and oxygen atoms in total. The summed E-state index contributed by atoms with van der Waals surface area (Å²) in [5.74, 6) is 1.73. The number of benzene rings is 1. The molecule has 1 unspecified atom stereocenters. The number of halogens is 1. The second-order valence-corrected chi connectivity index (χ2v) is 7.80. The number of nitrogens with zero attached hydrogens (tertiary/aromatic N) is 1. The Labute approximate surface area is 133 Å². The summed E-state index contributed by atoms with van der Waals surface area (Å²) < 4.78 is 0. The fourth-order valence-electron chi connectivity index (χ4n) is 4.97. The topological polar surface area (TPSA) is 3.24 Å². The Hall–Kier alpha value is -0.530. The van der Waals surface area contributed by atoms with Gasteiger partial charge in [-0.3, -0.25) is 4.90 Å². The van der Waals surface area contributed by atoms with Crippen molar-refractivity contribution in [1.29, 1.82) is 0 Å². The molecular weight excluding hydrogens is 278 g/mol. The maximum atomic E-state index is 6.28. The zero-order valence-electron chi connectivity index (χ0n) is 12.9. The van der Waals surface area contributed by atoms with Gasteiger partial charge in [0.2, 0.25) is 0 Å². The van der Waals surface area contributed by atoms with Crippen molar-refractivity contribution < 1.29 is 0 Å². The maximum absolute atomic E-state index is 6.28. The standard InChI is InChI=1S/C19H26ClN/c20-16-8-9-17-15-7-4-10-21(19(11-15)18(17)12-16)13-14-5-2-1-3-6-14/h8-9,12,14-15,19H,1-7,10-11,13H2/t15-,19?/m0/s1. The quantitative estimate of drug-likeness (QED) is 0.693. The molecule has 21 heavy (non-hydrogen) atoms. The normalized spacial score (nSPS) is 30.1. The second kappa shape index (κ2) is 5.93. The van der Waals surface area contributed by atoms with Crippen molar-refractivity contribution in [2.24, 2.45) is 5.92 Å². The van der Waals surface area contributed by atoms with Gasteiger partial charge < -0.3 is 0 Å². The van der Waals surface area contributed by atoms with Crippen molar-refractivity contribution in [3.05, 3.63) is 34.3 Å². The molecule has 2 fully saturated rings. The van der Waals surface area contributed by atoms with Crippen LogP contribution in [0.1, 0.15) is 74.5 Å². The Morgan fingerprint density at radius 1 is 1.00 bits per heavy atom. The van der Waals surface area contributed by atoms with E-state index < -0.39 is 0 Å². The second-order valence-electron chi connectivity index (χ2n) is 7.36. The number of rotatable bonds is 2. The molecule has 1 saturated carbocycles. The Morgan fingerprint density at radius 3 is 2.71 bits per heavy atom. The lowest BCUT2D eigenvalue weighted by molar-refractivity contribution is 0.154. The molecule has 1 aliphatic heterocycles. The fourth-order valence-corrected chi connectivity index (χ4v) is 5.15. The van der Waals surface area contributed by atoms with Crippen LogP contribution in [0.25, 0.3) is 0 Å². The van der Waals surface area contributed by atoms with Crippen molar-refractivity contribution in [2.75, 3.05) is 13.1 Å². The molecule has 3 aliphatic rings. The largest absolute Gasteiger partial charge is 0.296 e. The number of likely N-dealkylation sites (tertiary alicyclic amines) is 1. The van der Waals surface area contributed by atoms with Crippen molar-refractivity contribution >= 4 is 11.6 Å². The highest BCUT2D eigenvalue weighted by atomic mass is 35.5. The third-order valence-electron chi connectivity index (χ3n) is 6.01. The van der Waals surface area contributed by atoms with E-state index in [9.17, 15) is 0 Å². The third kappa shape index (κ3) is 2.75. The van der Waals surface area contributed by atoms with E-state index in [-0.39, 0.29) is 0 Å². The maximum Gasteiger partial charge on any atom is 0.0409 e. The zero-order valence-corrected chi connectivity index (χ0v) is 13.6. The van der Waals surface area contributed by atoms with Crippen LogP contribution < -0.4 is 0 Å². The molecule has 0 spiro atoms. The van der Waals surface area contributed by atoms with Crippen LogP contribution in [0.4, 0.5) is 0 Å². The van der Waals surface area contributed by atoms with Gasteiger partial charge in [0.1, 0.15) is 0 Å². The summed E-state index contributed by atoms with van der Waals surface area (Å²) in [6.07, 6.45) is 11.3. The van der Waals surface area contributed by atoms with E-state index in [1.54, 1.807) is 11.1 Å². The molecule has 1 saturated heterocycles. The molecule has 1 aromatic rings. The van der Waals surface area contributed by atoms with E-state index in [0.29, 0.717) is 6.04 Å². The molecule has 2 heteroatoms. The van der Waals surface area contributed by atoms with E-state index in [4.69, 9.17) is 11.6 Å². The van der Waals surface area contributed by atoms with Crippen molar-refractivity contribution in [2.45, 2.75) is 63.3 Å². The molecule has 0 aromatic heterocycles. The lowest BCUT2D eigenvalue weighted by Crippen LogP contribution is -2.33. The van der Waals surface area contributed by atoms with Gasteiger partial charge in [0.15, 0.2) is 0 Å². The van der Waals surface area contributed by atoms with Crippen molar-refractivity contribution in [3.63, 3.8) is 0 Å². The van der Waals surface area contributed by atoms with Crippen LogP contribution in [-0.4, -0.2) is 18.0 Å². The van der Waals surface area contributed by atoms with Gasteiger partial charge in [-0.15, -0.1) is 0 Å². The van der Waals surface area contributed by atoms with E-state index in [0.717, 1.165) is 16.9 Å². The molecule has 0 N–H and O–H groups in total. The van der Waals surface area contributed by atoms with Gasteiger partial charge in [0.25, 0.3) is 0 Å². The Kier molecular flexibility index (Phi) is 3.98. The van der Waals surface area contributed by atoms with Crippen molar-refractivity contribution in [1.82, 2.24) is 4.90 Å². The van der Waals surface area contributed by atoms with Gasteiger partial charge in [-0.2, -0.15) is 0 Å². The molecule has 2 bridgehead atoms. The number of fused-ring (bicyclic) bond motifs is 5. The SMILES string of the molecule is Clc1ccc2c(c1)C1C[C@@H]2CCCN1CC1CCCCC1. The van der Waals surface area contributed by atoms with Crippen LogP contribution >= 0.6 is 11.6 Å². The summed E-state index contributed by atoms with van der Waals surface area (Å²) in [6, 6.07) is 7.28. The fraction of sp³-hybridized carbons (Fsp3) is 0.684. The van der Waals surface area contributed by atoms with Crippen LogP contribution in [0.15, 0.2) is 18.2 Å². The van der Waals surface area contributed by atoms with Gasteiger partial charge in [0.05, 0.1) is 0 Å². The minimum Gasteiger partial charge on any atom is -0.296 e. The molecule has 1 aromatic carbocycles. The summed E-state index contributed by atoms with van der Waals surface area (Å²) in [5, 5.41) is 0.914. The number of hydrogen-bond donors (Lipinski definition) is 0. The first kappa shape index (κ1) is 14.1. The number of hydrogen-bond acceptors (Lipinski definition) is 1. The zero-order chi connectivity index (χ0) is 14.2. The Morgan fingerprint density at radius 2 is 1.86 bits per heavy atom. The lowest BCUT2D eigenvalue weighted by Gasteiger charge is -2.34. The van der Waals surface area contributed by atoms with Gasteiger partial charge in [-0.25, -0.2) is 0 Å². The lowest BCUT2D eigenvalue weighted by atomic mass is 9.88. The summed E-state index contributed by atoms with van der Waals surface area (Å²) in [4.78, 5) is 2.80. The first-order chi connectivity index (χ1) is 10.3. The summed E-state index contributed by atoms with van der Waals surface area (Å²) in [5.41, 5.74) is 3.14. The van der Waals surface area contributed by atoms with Gasteiger partial charge in [0, 0.05) is 17.6 Å². The van der Waals surface area contributed by atoms with Gasteiger partial charge in [-0.1, -0.05) is 36.9 Å². The Bertz CT molecular complexity index is 506. The first-order valence-corrected chi connectivity index (χ1v) is 9.22. The monoisotopic (exact) mass is 303 g/mol. The molecule has 114 valence electrons. The van der Waals surface area contributed by atoms with Crippen LogP contribution in [0, 0.1) is 5.92 Å². The smallest absolute Gasteiger partial charge is 0.0409 e. The van der Waals surface area contributed by atoms with Crippen molar-refractivity contribution in [3.8, 4) is 0 Å². The van der Waals surface area contributed by atoms with E-state index in [2.05, 4.69) is 23.1 Å². The molecule has 4 rings (SSSR count). The molecule has 2 atom stereocenters. The minimum atomic E-state index is 0.646. The molecule has 0 amide bonds. The van der Waals surface area contributed by atoms with Crippen LogP contribution in [-0.2, 0) is 0 Å². The summed E-state index contributed by atoms with van der Waals surface area (Å²) in [7, 11) is 0. The van der Waals surface area contributed by atoms with E-state index >= 15 is 0 Å². The average molecular weight is 304 g/mol. The van der Waals surface area contributed by atoms with Crippen LogP contribution in [0.3, 0.4) is 0 Å². The average Bonchev–Trinajstić information content (AvgIpc) is 2.71. The molecule has 1 heterocycles. The minimum absolute atomic E-state index is 0.646. The van der Waals surface area contributed by atoms with Gasteiger partial charge >= 0.3 is 0 Å². The van der Waals surface area contributed by atoms with Crippen LogP contribution in [0.5, 0.6) is 0 Å². The highest BCUT2D eigenvalue weighted by Gasteiger charge is 2.37. The highest BCUT2D eigenvalue weighted by Crippen LogP contribution is 2.48. The summed E-state index contributed by atoms with van der Waals surface area (Å²) in [6.45, 7) is 2.62. The molecule has 0 radical (unpaired) electrons. The van der Waals surface area contributed by atoms with Crippen LogP contribution in [0.2, 0.25) is 5.02 Å². The molecular formula is C19H26ClN. The van der Waals surface area contributed by atoms with E-state index in [1.165, 1.54) is 64.5 Å². The highest BCUT2D eigenvalue weighted by molar-refractivity contribution is 6.30. The van der Waals surface area contributed by atoms with E-state index in [1.807, 2.05) is 0 Å². The third-order valence-corrected chi connectivity index (χ3v) is 6.25.